The number of anilines is 1. The van der Waals surface area contributed by atoms with Crippen LogP contribution in [0.3, 0.4) is 0 Å². The molecule has 0 bridgehead atoms. The zero-order chi connectivity index (χ0) is 24.0. The van der Waals surface area contributed by atoms with Crippen LogP contribution < -0.4 is 27.0 Å². The highest BCUT2D eigenvalue weighted by Gasteiger charge is 2.07. The fraction of sp³-hybridized carbons (Fsp3) is 0.423. The Morgan fingerprint density at radius 3 is 1.94 bits per heavy atom. The summed E-state index contributed by atoms with van der Waals surface area (Å²) in [7, 11) is 0. The first-order chi connectivity index (χ1) is 16.6. The summed E-state index contributed by atoms with van der Waals surface area (Å²) < 4.78 is 0. The molecular weight excluding hydrogens is 424 g/mol. The van der Waals surface area contributed by atoms with Gasteiger partial charge in [0.2, 0.25) is 0 Å². The topological polar surface area (TPSA) is 134 Å². The van der Waals surface area contributed by atoms with Crippen molar-refractivity contribution in [3.05, 3.63) is 54.1 Å². The standard InChI is InChI=1S/C26H38N8/c27-25(28)32-16-5-3-1-2-4-6-17-33-26(29)34-23-14-12-21(13-15-23)20-8-10-22(11-9-20)24-30-18-7-19-31-24/h8-15H,1-7,16-19H2,(H,30,31)(H4,27,28,32)(H3,29,33,34). The summed E-state index contributed by atoms with van der Waals surface area (Å²) >= 11 is 0. The first-order valence-electron chi connectivity index (χ1n) is 12.3. The Labute approximate surface area is 202 Å². The van der Waals surface area contributed by atoms with Gasteiger partial charge in [-0.2, -0.15) is 0 Å². The van der Waals surface area contributed by atoms with Gasteiger partial charge in [-0.3, -0.25) is 15.8 Å². The molecule has 0 amide bonds. The van der Waals surface area contributed by atoms with E-state index in [4.69, 9.17) is 16.6 Å². The Balaban J connectivity index is 1.32. The molecule has 2 aromatic rings. The maximum absolute atomic E-state index is 8.12. The van der Waals surface area contributed by atoms with Gasteiger partial charge in [0.05, 0.1) is 0 Å². The number of hydrogen-bond donors (Lipinski definition) is 7. The van der Waals surface area contributed by atoms with Crippen molar-refractivity contribution in [2.75, 3.05) is 31.5 Å². The predicted molar refractivity (Wildman–Crippen MR) is 143 cm³/mol. The molecule has 3 rings (SSSR count). The smallest absolute Gasteiger partial charge is 0.192 e. The van der Waals surface area contributed by atoms with Crippen LogP contribution in [0, 0.1) is 10.8 Å². The van der Waals surface area contributed by atoms with E-state index in [0.29, 0.717) is 5.96 Å². The highest BCUT2D eigenvalue weighted by Crippen LogP contribution is 2.22. The fourth-order valence-electron chi connectivity index (χ4n) is 3.87. The van der Waals surface area contributed by atoms with Gasteiger partial charge in [0, 0.05) is 37.4 Å². The number of aliphatic imine (C=N–C) groups is 1. The third kappa shape index (κ3) is 8.77. The lowest BCUT2D eigenvalue weighted by atomic mass is 10.0. The maximum Gasteiger partial charge on any atom is 0.192 e. The van der Waals surface area contributed by atoms with Gasteiger partial charge >= 0.3 is 0 Å². The van der Waals surface area contributed by atoms with Crippen LogP contribution in [0.4, 0.5) is 5.69 Å². The predicted octanol–water partition coefficient (Wildman–Crippen LogP) is 3.85. The molecule has 0 atom stereocenters. The Bertz CT molecular complexity index is 934. The summed E-state index contributed by atoms with van der Waals surface area (Å²) in [4.78, 5) is 4.56. The van der Waals surface area contributed by atoms with Gasteiger partial charge in [0.15, 0.2) is 11.9 Å². The molecule has 2 aromatic carbocycles. The molecule has 1 aliphatic rings. The Morgan fingerprint density at radius 1 is 0.794 bits per heavy atom. The molecule has 8 N–H and O–H groups in total. The van der Waals surface area contributed by atoms with Gasteiger partial charge in [-0.15, -0.1) is 0 Å². The van der Waals surface area contributed by atoms with Crippen molar-refractivity contribution in [3.8, 4) is 11.1 Å². The largest absolute Gasteiger partial charge is 0.370 e. The Morgan fingerprint density at radius 2 is 1.35 bits per heavy atom. The molecule has 1 heterocycles. The molecule has 0 aromatic heterocycles. The summed E-state index contributed by atoms with van der Waals surface area (Å²) in [6.07, 6.45) is 7.87. The first-order valence-corrected chi connectivity index (χ1v) is 12.3. The average Bonchev–Trinajstić information content (AvgIpc) is 2.86. The second-order valence-electron chi connectivity index (χ2n) is 8.55. The van der Waals surface area contributed by atoms with E-state index in [1.807, 2.05) is 12.1 Å². The van der Waals surface area contributed by atoms with E-state index in [-0.39, 0.29) is 5.96 Å². The third-order valence-corrected chi connectivity index (χ3v) is 5.76. The second-order valence-corrected chi connectivity index (χ2v) is 8.55. The normalized spacial score (nSPS) is 12.9. The highest BCUT2D eigenvalue weighted by atomic mass is 15.1. The molecule has 34 heavy (non-hydrogen) atoms. The molecule has 1 aliphatic heterocycles. The Hall–Kier alpha value is -3.55. The van der Waals surface area contributed by atoms with Crippen LogP contribution in [0.15, 0.2) is 53.5 Å². The monoisotopic (exact) mass is 462 g/mol. The number of unbranched alkanes of at least 4 members (excludes halogenated alkanes) is 5. The number of rotatable bonds is 12. The maximum atomic E-state index is 8.12. The lowest BCUT2D eigenvalue weighted by molar-refractivity contribution is 0.585. The van der Waals surface area contributed by atoms with E-state index in [9.17, 15) is 0 Å². The third-order valence-electron chi connectivity index (χ3n) is 5.76. The number of nitrogens with zero attached hydrogens (tertiary/aromatic N) is 1. The summed E-state index contributed by atoms with van der Waals surface area (Å²) in [5.41, 5.74) is 9.59. The first kappa shape index (κ1) is 25.1. The molecule has 8 nitrogen and oxygen atoms in total. The van der Waals surface area contributed by atoms with Gasteiger partial charge in [0.25, 0.3) is 0 Å². The number of amidine groups is 1. The lowest BCUT2D eigenvalue weighted by Gasteiger charge is -2.15. The molecule has 0 aliphatic carbocycles. The van der Waals surface area contributed by atoms with Crippen LogP contribution >= 0.6 is 0 Å². The fourth-order valence-corrected chi connectivity index (χ4v) is 3.87. The molecule has 0 spiro atoms. The minimum absolute atomic E-state index is 0.0478. The quantitative estimate of drug-likeness (QED) is 0.146. The van der Waals surface area contributed by atoms with Crippen LogP contribution in [0.5, 0.6) is 0 Å². The van der Waals surface area contributed by atoms with E-state index in [2.05, 4.69) is 62.7 Å². The van der Waals surface area contributed by atoms with Crippen molar-refractivity contribution in [3.63, 3.8) is 0 Å². The van der Waals surface area contributed by atoms with E-state index in [1.54, 1.807) is 0 Å². The number of hydrogen-bond acceptors (Lipinski definition) is 4. The average molecular weight is 463 g/mol. The van der Waals surface area contributed by atoms with Crippen molar-refractivity contribution >= 4 is 23.4 Å². The number of benzene rings is 2. The highest BCUT2D eigenvalue weighted by molar-refractivity contribution is 5.99. The summed E-state index contributed by atoms with van der Waals surface area (Å²) in [6, 6.07) is 16.7. The summed E-state index contributed by atoms with van der Waals surface area (Å²) in [5, 5.41) is 27.7. The number of nitrogens with two attached hydrogens (primary N) is 1. The molecule has 0 radical (unpaired) electrons. The van der Waals surface area contributed by atoms with Gasteiger partial charge in [-0.05, 0) is 42.5 Å². The molecule has 0 saturated heterocycles. The SMILES string of the molecule is N=C(N)NCCCCCCCCNC(=N)Nc1ccc(-c2ccc(C3=NCCCN3)cc2)cc1. The van der Waals surface area contributed by atoms with Crippen molar-refractivity contribution < 1.29 is 0 Å². The summed E-state index contributed by atoms with van der Waals surface area (Å²) in [6.45, 7) is 3.45. The number of nitrogens with one attached hydrogen (secondary N) is 6. The number of guanidine groups is 2. The minimum atomic E-state index is 0.0478. The van der Waals surface area contributed by atoms with Crippen molar-refractivity contribution in [1.82, 2.24) is 16.0 Å². The van der Waals surface area contributed by atoms with Crippen molar-refractivity contribution in [2.45, 2.75) is 44.9 Å². The van der Waals surface area contributed by atoms with Gasteiger partial charge < -0.3 is 27.0 Å². The molecule has 182 valence electrons. The van der Waals surface area contributed by atoms with Gasteiger partial charge in [0.1, 0.15) is 5.84 Å². The molecule has 0 unspecified atom stereocenters. The molecule has 0 fully saturated rings. The van der Waals surface area contributed by atoms with E-state index >= 15 is 0 Å². The van der Waals surface area contributed by atoms with E-state index in [1.165, 1.54) is 12.8 Å². The second kappa shape index (κ2) is 13.9. The Kier molecular flexibility index (Phi) is 10.2. The van der Waals surface area contributed by atoms with Gasteiger partial charge in [-0.1, -0.05) is 62.1 Å². The van der Waals surface area contributed by atoms with Crippen LogP contribution in [-0.4, -0.2) is 43.9 Å². The van der Waals surface area contributed by atoms with E-state index < -0.39 is 0 Å². The van der Waals surface area contributed by atoms with Crippen molar-refractivity contribution in [1.29, 1.82) is 10.8 Å². The molecule has 0 saturated carbocycles. The van der Waals surface area contributed by atoms with Crippen molar-refractivity contribution in [2.24, 2.45) is 10.7 Å². The minimum Gasteiger partial charge on any atom is -0.370 e. The van der Waals surface area contributed by atoms with Crippen LogP contribution in [-0.2, 0) is 0 Å². The van der Waals surface area contributed by atoms with Crippen LogP contribution in [0.1, 0.15) is 50.5 Å². The van der Waals surface area contributed by atoms with Crippen LogP contribution in [0.2, 0.25) is 0 Å². The molecule has 8 heteroatoms. The zero-order valence-corrected chi connectivity index (χ0v) is 19.9. The van der Waals surface area contributed by atoms with Gasteiger partial charge in [-0.25, -0.2) is 0 Å². The summed E-state index contributed by atoms with van der Waals surface area (Å²) in [5.74, 6) is 1.36. The van der Waals surface area contributed by atoms with Crippen LogP contribution in [0.25, 0.3) is 11.1 Å². The zero-order valence-electron chi connectivity index (χ0n) is 19.9. The van der Waals surface area contributed by atoms with E-state index in [0.717, 1.165) is 86.5 Å². The molecular formula is C26H38N8. The lowest BCUT2D eigenvalue weighted by Crippen LogP contribution is -2.30.